The molecule has 2 rings (SSSR count). The fourth-order valence-electron chi connectivity index (χ4n) is 3.78. The van der Waals surface area contributed by atoms with Crippen molar-refractivity contribution >= 4 is 0 Å². The van der Waals surface area contributed by atoms with Gasteiger partial charge >= 0.3 is 0 Å². The van der Waals surface area contributed by atoms with E-state index in [1.807, 2.05) is 0 Å². The van der Waals surface area contributed by atoms with Gasteiger partial charge in [-0.1, -0.05) is 34.6 Å². The molecule has 13 heavy (non-hydrogen) atoms. The molecule has 0 aromatic heterocycles. The molecule has 0 amide bonds. The van der Waals surface area contributed by atoms with Crippen molar-refractivity contribution in [2.24, 2.45) is 35.0 Å². The average Bonchev–Trinajstić information content (AvgIpc) is 2.58. The van der Waals surface area contributed by atoms with Crippen LogP contribution < -0.4 is 0 Å². The molecule has 0 aromatic rings. The highest BCUT2D eigenvalue weighted by Gasteiger charge is 2.56. The van der Waals surface area contributed by atoms with Gasteiger partial charge in [0.15, 0.2) is 0 Å². The van der Waals surface area contributed by atoms with Gasteiger partial charge in [0.2, 0.25) is 0 Å². The molecule has 0 aromatic carbocycles. The van der Waals surface area contributed by atoms with E-state index in [1.54, 1.807) is 0 Å². The summed E-state index contributed by atoms with van der Waals surface area (Å²) in [5.74, 6) is 5.12. The molecule has 0 radical (unpaired) electrons. The molecule has 0 saturated heterocycles. The van der Waals surface area contributed by atoms with Gasteiger partial charge < -0.3 is 0 Å². The molecule has 4 unspecified atom stereocenters. The summed E-state index contributed by atoms with van der Waals surface area (Å²) in [5, 5.41) is 0. The molecule has 0 nitrogen and oxygen atoms in total. The van der Waals surface area contributed by atoms with Gasteiger partial charge in [-0.3, -0.25) is 0 Å². The molecule has 0 bridgehead atoms. The van der Waals surface area contributed by atoms with Crippen molar-refractivity contribution in [3.05, 3.63) is 0 Å². The van der Waals surface area contributed by atoms with Crippen molar-refractivity contribution in [2.75, 3.05) is 0 Å². The zero-order valence-electron chi connectivity index (χ0n) is 9.80. The van der Waals surface area contributed by atoms with Gasteiger partial charge in [0.05, 0.1) is 0 Å². The van der Waals surface area contributed by atoms with Gasteiger partial charge in [-0.05, 0) is 47.8 Å². The number of hydrogen-bond acceptors (Lipinski definition) is 0. The van der Waals surface area contributed by atoms with Crippen LogP contribution in [0.1, 0.15) is 47.5 Å². The van der Waals surface area contributed by atoms with Crippen LogP contribution in [0, 0.1) is 35.0 Å². The van der Waals surface area contributed by atoms with E-state index in [4.69, 9.17) is 0 Å². The van der Waals surface area contributed by atoms with Crippen molar-refractivity contribution in [3.8, 4) is 0 Å². The molecular weight excluding hydrogens is 156 g/mol. The van der Waals surface area contributed by atoms with Crippen LogP contribution in [0.3, 0.4) is 0 Å². The summed E-state index contributed by atoms with van der Waals surface area (Å²) in [5.41, 5.74) is 0.626. The van der Waals surface area contributed by atoms with E-state index in [-0.39, 0.29) is 0 Å². The van der Waals surface area contributed by atoms with Gasteiger partial charge in [-0.25, -0.2) is 0 Å². The molecule has 2 saturated carbocycles. The maximum atomic E-state index is 2.46. The maximum absolute atomic E-state index is 2.46. The monoisotopic (exact) mass is 180 g/mol. The highest BCUT2D eigenvalue weighted by molar-refractivity contribution is 5.05. The summed E-state index contributed by atoms with van der Waals surface area (Å²) in [6.45, 7) is 12.2. The van der Waals surface area contributed by atoms with Gasteiger partial charge in [0.25, 0.3) is 0 Å². The Balaban J connectivity index is 2.11. The second-order valence-corrected chi connectivity index (χ2v) is 6.58. The first kappa shape index (κ1) is 9.55. The Morgan fingerprint density at radius 2 is 1.77 bits per heavy atom. The van der Waals surface area contributed by atoms with Crippen LogP contribution in [-0.4, -0.2) is 0 Å². The van der Waals surface area contributed by atoms with Crippen molar-refractivity contribution in [1.29, 1.82) is 0 Å². The predicted octanol–water partition coefficient (Wildman–Crippen LogP) is 3.96. The molecule has 0 heteroatoms. The summed E-state index contributed by atoms with van der Waals surface area (Å²) in [4.78, 5) is 0. The lowest BCUT2D eigenvalue weighted by Gasteiger charge is -2.36. The first-order valence-electron chi connectivity index (χ1n) is 5.92. The minimum Gasteiger partial charge on any atom is -0.0625 e. The molecule has 0 heterocycles. The zero-order valence-corrected chi connectivity index (χ0v) is 9.80. The molecule has 76 valence electrons. The smallest absolute Gasteiger partial charge is 0.0323 e. The van der Waals surface area contributed by atoms with Crippen LogP contribution in [0.4, 0.5) is 0 Å². The van der Waals surface area contributed by atoms with Crippen LogP contribution in [0.5, 0.6) is 0 Å². The van der Waals surface area contributed by atoms with Crippen molar-refractivity contribution in [3.63, 3.8) is 0 Å². The van der Waals surface area contributed by atoms with Crippen LogP contribution >= 0.6 is 0 Å². The Labute approximate surface area is 83.1 Å². The average molecular weight is 180 g/mol. The first-order valence-corrected chi connectivity index (χ1v) is 5.92. The fourth-order valence-corrected chi connectivity index (χ4v) is 3.78. The van der Waals surface area contributed by atoms with E-state index in [2.05, 4.69) is 34.6 Å². The Hall–Kier alpha value is 0. The first-order chi connectivity index (χ1) is 5.92. The van der Waals surface area contributed by atoms with Crippen molar-refractivity contribution in [2.45, 2.75) is 47.5 Å². The zero-order chi connectivity index (χ0) is 9.80. The lowest BCUT2D eigenvalue weighted by atomic mass is 9.69. The lowest BCUT2D eigenvalue weighted by molar-refractivity contribution is 0.135. The molecule has 0 N–H and O–H groups in total. The third-order valence-corrected chi connectivity index (χ3v) is 4.56. The van der Waals surface area contributed by atoms with E-state index in [9.17, 15) is 0 Å². The Morgan fingerprint density at radius 3 is 2.31 bits per heavy atom. The maximum Gasteiger partial charge on any atom is -0.0323 e. The van der Waals surface area contributed by atoms with E-state index in [1.165, 1.54) is 12.8 Å². The van der Waals surface area contributed by atoms with E-state index in [0.29, 0.717) is 5.41 Å². The quantitative estimate of drug-likeness (QED) is 0.573. The largest absolute Gasteiger partial charge is 0.0625 e. The number of fused-ring (bicyclic) bond motifs is 1. The number of rotatable bonds is 1. The molecule has 2 aliphatic carbocycles. The SMILES string of the molecule is CC(C)C1CC(C)(C)CC2C(C)C12. The lowest BCUT2D eigenvalue weighted by Crippen LogP contribution is -2.27. The van der Waals surface area contributed by atoms with E-state index in [0.717, 1.165) is 29.6 Å². The molecule has 4 atom stereocenters. The standard InChI is InChI=1S/C13H24/c1-8(2)10-6-13(4,5)7-11-9(3)12(10)11/h8-12H,6-7H2,1-5H3. The Morgan fingerprint density at radius 1 is 1.15 bits per heavy atom. The summed E-state index contributed by atoms with van der Waals surface area (Å²) in [6.07, 6.45) is 2.96. The molecule has 2 aliphatic rings. The summed E-state index contributed by atoms with van der Waals surface area (Å²) >= 11 is 0. The number of hydrogen-bond donors (Lipinski definition) is 0. The second-order valence-electron chi connectivity index (χ2n) is 6.58. The Kier molecular flexibility index (Phi) is 2.02. The predicted molar refractivity (Wildman–Crippen MR) is 57.5 cm³/mol. The molecule has 0 spiro atoms. The van der Waals surface area contributed by atoms with Crippen LogP contribution in [0.15, 0.2) is 0 Å². The summed E-state index contributed by atoms with van der Waals surface area (Å²) < 4.78 is 0. The second kappa shape index (κ2) is 2.74. The highest BCUT2D eigenvalue weighted by Crippen LogP contribution is 2.63. The van der Waals surface area contributed by atoms with Crippen molar-refractivity contribution in [1.82, 2.24) is 0 Å². The van der Waals surface area contributed by atoms with E-state index >= 15 is 0 Å². The van der Waals surface area contributed by atoms with Crippen LogP contribution in [0.25, 0.3) is 0 Å². The molecule has 2 fully saturated rings. The van der Waals surface area contributed by atoms with Crippen LogP contribution in [-0.2, 0) is 0 Å². The fraction of sp³-hybridized carbons (Fsp3) is 1.00. The van der Waals surface area contributed by atoms with Gasteiger partial charge in [0, 0.05) is 0 Å². The van der Waals surface area contributed by atoms with Gasteiger partial charge in [-0.2, -0.15) is 0 Å². The van der Waals surface area contributed by atoms with Gasteiger partial charge in [-0.15, -0.1) is 0 Å². The van der Waals surface area contributed by atoms with Gasteiger partial charge in [0.1, 0.15) is 0 Å². The normalized spacial score (nSPS) is 47.5. The summed E-state index contributed by atoms with van der Waals surface area (Å²) in [6, 6.07) is 0. The van der Waals surface area contributed by atoms with E-state index < -0.39 is 0 Å². The molecular formula is C13H24. The van der Waals surface area contributed by atoms with Crippen LogP contribution in [0.2, 0.25) is 0 Å². The minimum atomic E-state index is 0.626. The Bertz CT molecular complexity index is 202. The topological polar surface area (TPSA) is 0 Å². The third kappa shape index (κ3) is 1.53. The highest BCUT2D eigenvalue weighted by atomic mass is 14.6. The third-order valence-electron chi connectivity index (χ3n) is 4.56. The van der Waals surface area contributed by atoms with Crippen molar-refractivity contribution < 1.29 is 0 Å². The summed E-state index contributed by atoms with van der Waals surface area (Å²) in [7, 11) is 0. The molecule has 0 aliphatic heterocycles. The minimum absolute atomic E-state index is 0.626.